The normalized spacial score (nSPS) is 17.7. The van der Waals surface area contributed by atoms with E-state index >= 15 is 0 Å². The van der Waals surface area contributed by atoms with E-state index in [0.29, 0.717) is 31.3 Å². The van der Waals surface area contributed by atoms with E-state index in [-0.39, 0.29) is 12.5 Å². The van der Waals surface area contributed by atoms with Crippen molar-refractivity contribution < 1.29 is 23.7 Å². The molecule has 0 saturated carbocycles. The Morgan fingerprint density at radius 2 is 1.72 bits per heavy atom. The van der Waals surface area contributed by atoms with Gasteiger partial charge in [-0.15, -0.1) is 0 Å². The van der Waals surface area contributed by atoms with E-state index in [4.69, 9.17) is 18.9 Å². The van der Waals surface area contributed by atoms with Crippen LogP contribution < -0.4 is 18.9 Å². The number of nitrogens with zero attached hydrogens (tertiary/aromatic N) is 1. The van der Waals surface area contributed by atoms with E-state index in [0.717, 1.165) is 17.1 Å². The number of hydrogen-bond donors (Lipinski definition) is 0. The lowest BCUT2D eigenvalue weighted by Gasteiger charge is -2.29. The van der Waals surface area contributed by atoms with Crippen LogP contribution in [0.3, 0.4) is 0 Å². The molecule has 1 atom stereocenters. The van der Waals surface area contributed by atoms with Crippen LogP contribution in [0.5, 0.6) is 23.0 Å². The number of amides is 1. The Kier molecular flexibility index (Phi) is 4.09. The molecule has 2 aliphatic heterocycles. The van der Waals surface area contributed by atoms with Gasteiger partial charge in [-0.25, -0.2) is 0 Å². The van der Waals surface area contributed by atoms with Crippen molar-refractivity contribution in [3.63, 3.8) is 0 Å². The lowest BCUT2D eigenvalue weighted by atomic mass is 10.1. The van der Waals surface area contributed by atoms with Crippen LogP contribution in [0.1, 0.15) is 5.56 Å². The zero-order valence-corrected chi connectivity index (χ0v) is 13.9. The van der Waals surface area contributed by atoms with Crippen LogP contribution in [-0.4, -0.2) is 43.8 Å². The number of benzene rings is 2. The quantitative estimate of drug-likeness (QED) is 0.857. The second kappa shape index (κ2) is 6.55. The molecule has 25 heavy (non-hydrogen) atoms. The number of carbonyl (C=O) groups excluding carboxylic acids is 1. The topological polar surface area (TPSA) is 57.2 Å². The highest BCUT2D eigenvalue weighted by molar-refractivity contribution is 5.81. The van der Waals surface area contributed by atoms with Gasteiger partial charge in [-0.2, -0.15) is 0 Å². The van der Waals surface area contributed by atoms with Crippen LogP contribution in [-0.2, 0) is 11.3 Å². The minimum absolute atomic E-state index is 0.121. The second-order valence-corrected chi connectivity index (χ2v) is 6.04. The summed E-state index contributed by atoms with van der Waals surface area (Å²) in [5.41, 5.74) is 0.970. The molecule has 0 aromatic heterocycles. The van der Waals surface area contributed by atoms with Crippen LogP contribution in [0.4, 0.5) is 0 Å². The summed E-state index contributed by atoms with van der Waals surface area (Å²) >= 11 is 0. The first-order chi connectivity index (χ1) is 12.2. The van der Waals surface area contributed by atoms with Gasteiger partial charge in [0, 0.05) is 13.6 Å². The Morgan fingerprint density at radius 1 is 1.00 bits per heavy atom. The maximum atomic E-state index is 12.7. The van der Waals surface area contributed by atoms with E-state index in [9.17, 15) is 4.79 Å². The van der Waals surface area contributed by atoms with Crippen LogP contribution in [0, 0.1) is 0 Å². The minimum Gasteiger partial charge on any atom is -0.486 e. The molecule has 0 spiro atoms. The Morgan fingerprint density at radius 3 is 2.56 bits per heavy atom. The van der Waals surface area contributed by atoms with Crippen LogP contribution in [0.15, 0.2) is 42.5 Å². The summed E-state index contributed by atoms with van der Waals surface area (Å²) in [6.07, 6.45) is -0.642. The molecule has 1 amide bonds. The third kappa shape index (κ3) is 3.20. The van der Waals surface area contributed by atoms with E-state index < -0.39 is 6.10 Å². The van der Waals surface area contributed by atoms with Crippen molar-refractivity contribution in [1.82, 2.24) is 4.90 Å². The highest BCUT2D eigenvalue weighted by atomic mass is 16.6. The summed E-state index contributed by atoms with van der Waals surface area (Å²) < 4.78 is 22.5. The van der Waals surface area contributed by atoms with Crippen molar-refractivity contribution in [2.24, 2.45) is 0 Å². The first-order valence-electron chi connectivity index (χ1n) is 8.23. The largest absolute Gasteiger partial charge is 0.486 e. The number of likely N-dealkylation sites (N-methyl/N-ethyl adjacent to an activating group) is 1. The number of para-hydroxylation sites is 2. The third-order valence-corrected chi connectivity index (χ3v) is 4.19. The molecule has 2 aliphatic rings. The first kappa shape index (κ1) is 15.6. The van der Waals surface area contributed by atoms with Gasteiger partial charge in [0.15, 0.2) is 23.0 Å². The van der Waals surface area contributed by atoms with Gasteiger partial charge in [0.05, 0.1) is 0 Å². The maximum Gasteiger partial charge on any atom is 0.267 e. The molecule has 6 heteroatoms. The van der Waals surface area contributed by atoms with E-state index in [1.807, 2.05) is 36.4 Å². The summed E-state index contributed by atoms with van der Waals surface area (Å²) in [6, 6.07) is 13.1. The predicted octanol–water partition coefficient (Wildman–Crippen LogP) is 2.26. The average Bonchev–Trinajstić information content (AvgIpc) is 2.67. The molecule has 0 aliphatic carbocycles. The maximum absolute atomic E-state index is 12.7. The summed E-state index contributed by atoms with van der Waals surface area (Å²) in [5, 5.41) is 0. The van der Waals surface area contributed by atoms with Gasteiger partial charge in [0.1, 0.15) is 19.8 Å². The molecule has 0 fully saturated rings. The summed E-state index contributed by atoms with van der Waals surface area (Å²) in [7, 11) is 1.75. The van der Waals surface area contributed by atoms with E-state index in [1.54, 1.807) is 18.0 Å². The van der Waals surface area contributed by atoms with Gasteiger partial charge in [-0.1, -0.05) is 18.2 Å². The van der Waals surface area contributed by atoms with Gasteiger partial charge < -0.3 is 23.8 Å². The molecule has 6 nitrogen and oxygen atoms in total. The molecule has 0 N–H and O–H groups in total. The van der Waals surface area contributed by atoms with Crippen LogP contribution >= 0.6 is 0 Å². The molecule has 2 aromatic carbocycles. The van der Waals surface area contributed by atoms with Gasteiger partial charge in [0.2, 0.25) is 6.10 Å². The summed E-state index contributed by atoms with van der Waals surface area (Å²) in [5.74, 6) is 2.60. The van der Waals surface area contributed by atoms with Crippen molar-refractivity contribution in [1.29, 1.82) is 0 Å². The van der Waals surface area contributed by atoms with Gasteiger partial charge >= 0.3 is 0 Å². The highest BCUT2D eigenvalue weighted by Crippen LogP contribution is 2.32. The molecule has 2 aromatic rings. The fourth-order valence-electron chi connectivity index (χ4n) is 2.92. The van der Waals surface area contributed by atoms with Crippen LogP contribution in [0.25, 0.3) is 0 Å². The third-order valence-electron chi connectivity index (χ3n) is 4.19. The Bertz CT molecular complexity index is 791. The standard InChI is InChI=1S/C19H19NO5/c1-20(11-13-6-7-15-17(10-13)23-9-8-22-15)19(21)18-12-24-14-4-2-3-5-16(14)25-18/h2-7,10,18H,8-9,11-12H2,1H3/t18-/m1/s1. The number of ether oxygens (including phenoxy) is 4. The second-order valence-electron chi connectivity index (χ2n) is 6.04. The van der Waals surface area contributed by atoms with Crippen molar-refractivity contribution in [2.75, 3.05) is 26.9 Å². The van der Waals surface area contributed by atoms with Crippen molar-refractivity contribution in [2.45, 2.75) is 12.6 Å². The SMILES string of the molecule is CN(Cc1ccc2c(c1)OCCO2)C(=O)[C@H]1COc2ccccc2O1. The van der Waals surface area contributed by atoms with Gasteiger partial charge in [-0.3, -0.25) is 4.79 Å². The Hall–Kier alpha value is -2.89. The fraction of sp³-hybridized carbons (Fsp3) is 0.316. The monoisotopic (exact) mass is 341 g/mol. The zero-order valence-electron chi connectivity index (χ0n) is 13.9. The number of rotatable bonds is 3. The fourth-order valence-corrected chi connectivity index (χ4v) is 2.92. The molecule has 0 bridgehead atoms. The lowest BCUT2D eigenvalue weighted by Crippen LogP contribution is -2.44. The van der Waals surface area contributed by atoms with Crippen LogP contribution in [0.2, 0.25) is 0 Å². The summed E-state index contributed by atoms with van der Waals surface area (Å²) in [6.45, 7) is 1.77. The zero-order chi connectivity index (χ0) is 17.2. The lowest BCUT2D eigenvalue weighted by molar-refractivity contribution is -0.140. The van der Waals surface area contributed by atoms with Crippen molar-refractivity contribution in [3.8, 4) is 23.0 Å². The summed E-state index contributed by atoms with van der Waals surface area (Å²) in [4.78, 5) is 14.3. The Labute approximate surface area is 145 Å². The molecule has 130 valence electrons. The molecule has 0 unspecified atom stereocenters. The Balaban J connectivity index is 1.43. The minimum atomic E-state index is -0.642. The number of fused-ring (bicyclic) bond motifs is 2. The number of carbonyl (C=O) groups is 1. The van der Waals surface area contributed by atoms with Crippen molar-refractivity contribution >= 4 is 5.91 Å². The molecule has 4 rings (SSSR count). The van der Waals surface area contributed by atoms with E-state index in [2.05, 4.69) is 0 Å². The average molecular weight is 341 g/mol. The highest BCUT2D eigenvalue weighted by Gasteiger charge is 2.29. The predicted molar refractivity (Wildman–Crippen MR) is 90.3 cm³/mol. The molecule has 2 heterocycles. The van der Waals surface area contributed by atoms with Gasteiger partial charge in [-0.05, 0) is 29.8 Å². The molecule has 0 saturated heterocycles. The smallest absolute Gasteiger partial charge is 0.267 e. The van der Waals surface area contributed by atoms with E-state index in [1.165, 1.54) is 0 Å². The molecule has 0 radical (unpaired) electrons. The molecular weight excluding hydrogens is 322 g/mol. The molecular formula is C19H19NO5. The van der Waals surface area contributed by atoms with Crippen molar-refractivity contribution in [3.05, 3.63) is 48.0 Å². The van der Waals surface area contributed by atoms with Gasteiger partial charge in [0.25, 0.3) is 5.91 Å². The first-order valence-corrected chi connectivity index (χ1v) is 8.23. The number of hydrogen-bond acceptors (Lipinski definition) is 5.